The third-order valence-electron chi connectivity index (χ3n) is 2.86. The minimum Gasteiger partial charge on any atom is -0.269 e. The first kappa shape index (κ1) is 14.6. The highest BCUT2D eigenvalue weighted by Gasteiger charge is 2.19. The number of hydrogen-bond acceptors (Lipinski definition) is 3. The lowest BCUT2D eigenvalue weighted by Crippen LogP contribution is -2.38. The van der Waals surface area contributed by atoms with Crippen LogP contribution in [0.4, 0.5) is 0 Å². The summed E-state index contributed by atoms with van der Waals surface area (Å²) in [5.41, 5.74) is -0.0227. The van der Waals surface area contributed by atoms with Crippen LogP contribution in [0.15, 0.2) is 39.9 Å². The summed E-state index contributed by atoms with van der Waals surface area (Å²) in [7, 11) is 1.37. The molecule has 0 saturated heterocycles. The van der Waals surface area contributed by atoms with Crippen molar-refractivity contribution in [2.24, 2.45) is 7.05 Å². The van der Waals surface area contributed by atoms with Gasteiger partial charge >= 0.3 is 5.69 Å². The van der Waals surface area contributed by atoms with Gasteiger partial charge in [-0.05, 0) is 6.07 Å². The fourth-order valence-electron chi connectivity index (χ4n) is 1.77. The van der Waals surface area contributed by atoms with Gasteiger partial charge in [0, 0.05) is 18.7 Å². The largest absolute Gasteiger partial charge is 0.333 e. The monoisotopic (exact) mass is 353 g/mol. The Bertz CT molecular complexity index is 820. The molecule has 1 aromatic heterocycles. The molecular formula is C13H9BrClN3O2. The summed E-state index contributed by atoms with van der Waals surface area (Å²) in [6.07, 6.45) is 0. The number of hydrogen-bond donors (Lipinski definition) is 0. The van der Waals surface area contributed by atoms with E-state index in [9.17, 15) is 9.59 Å². The van der Waals surface area contributed by atoms with Crippen molar-refractivity contribution in [1.82, 2.24) is 9.13 Å². The number of benzene rings is 1. The first-order valence-electron chi connectivity index (χ1n) is 5.58. The van der Waals surface area contributed by atoms with E-state index in [1.54, 1.807) is 24.3 Å². The van der Waals surface area contributed by atoms with E-state index in [1.165, 1.54) is 11.6 Å². The fraction of sp³-hybridized carbons (Fsp3) is 0.154. The topological polar surface area (TPSA) is 67.8 Å². The molecule has 2 aromatic rings. The van der Waals surface area contributed by atoms with Crippen LogP contribution in [0.2, 0.25) is 5.15 Å². The maximum absolute atomic E-state index is 12.2. The first-order chi connectivity index (χ1) is 9.47. The minimum atomic E-state index is -0.634. The molecule has 0 N–H and O–H groups in total. The van der Waals surface area contributed by atoms with E-state index in [1.807, 2.05) is 0 Å². The van der Waals surface area contributed by atoms with Crippen LogP contribution < -0.4 is 11.2 Å². The van der Waals surface area contributed by atoms with Crippen molar-refractivity contribution in [2.75, 3.05) is 0 Å². The molecule has 1 atom stereocenters. The normalized spacial score (nSPS) is 11.9. The molecule has 0 aliphatic carbocycles. The van der Waals surface area contributed by atoms with Gasteiger partial charge in [0.15, 0.2) is 0 Å². The molecule has 1 unspecified atom stereocenters. The zero-order valence-electron chi connectivity index (χ0n) is 10.4. The molecule has 0 fully saturated rings. The van der Waals surface area contributed by atoms with E-state index in [4.69, 9.17) is 16.9 Å². The lowest BCUT2D eigenvalue weighted by atomic mass is 10.1. The second-order valence-corrected chi connectivity index (χ2v) is 5.31. The van der Waals surface area contributed by atoms with Crippen molar-refractivity contribution in [2.45, 2.75) is 4.95 Å². The second-order valence-electron chi connectivity index (χ2n) is 4.05. The Hall–Kier alpha value is -1.84. The number of alkyl halides is 1. The van der Waals surface area contributed by atoms with Crippen molar-refractivity contribution in [3.8, 4) is 6.07 Å². The number of nitriles is 1. The Balaban J connectivity index is 2.70. The van der Waals surface area contributed by atoms with Gasteiger partial charge in [0.1, 0.15) is 10.1 Å². The van der Waals surface area contributed by atoms with Gasteiger partial charge < -0.3 is 0 Å². The van der Waals surface area contributed by atoms with Crippen LogP contribution in [0.5, 0.6) is 0 Å². The molecular weight excluding hydrogens is 346 g/mol. The SMILES string of the molecule is Cn1c(=O)cc(Cl)n(C(Br)c2ccccc2C#N)c1=O. The van der Waals surface area contributed by atoms with Crippen molar-refractivity contribution < 1.29 is 0 Å². The lowest BCUT2D eigenvalue weighted by Gasteiger charge is -2.17. The Morgan fingerprint density at radius 3 is 2.65 bits per heavy atom. The average molecular weight is 355 g/mol. The Kier molecular flexibility index (Phi) is 4.12. The van der Waals surface area contributed by atoms with Crippen LogP contribution in [-0.2, 0) is 7.05 Å². The van der Waals surface area contributed by atoms with Crippen LogP contribution in [0.3, 0.4) is 0 Å². The zero-order chi connectivity index (χ0) is 14.9. The van der Waals surface area contributed by atoms with E-state index in [0.717, 1.165) is 10.6 Å². The third-order valence-corrected chi connectivity index (χ3v) is 4.05. The molecule has 0 aliphatic heterocycles. The van der Waals surface area contributed by atoms with Gasteiger partial charge in [-0.3, -0.25) is 13.9 Å². The van der Waals surface area contributed by atoms with E-state index in [-0.39, 0.29) is 5.15 Å². The van der Waals surface area contributed by atoms with Crippen LogP contribution in [0.25, 0.3) is 0 Å². The van der Waals surface area contributed by atoms with Gasteiger partial charge in [-0.15, -0.1) is 0 Å². The molecule has 1 aromatic carbocycles. The summed E-state index contributed by atoms with van der Waals surface area (Å²) in [4.78, 5) is 23.0. The summed E-state index contributed by atoms with van der Waals surface area (Å²) in [6, 6.07) is 10.1. The van der Waals surface area contributed by atoms with Crippen molar-refractivity contribution in [3.05, 3.63) is 67.4 Å². The minimum absolute atomic E-state index is 0.00715. The molecule has 0 bridgehead atoms. The van der Waals surface area contributed by atoms with Crippen LogP contribution in [0, 0.1) is 11.3 Å². The molecule has 20 heavy (non-hydrogen) atoms. The van der Waals surface area contributed by atoms with Gasteiger partial charge in [-0.2, -0.15) is 5.26 Å². The van der Waals surface area contributed by atoms with Crippen molar-refractivity contribution in [1.29, 1.82) is 5.26 Å². The molecule has 0 amide bonds. The maximum Gasteiger partial charge on any atom is 0.333 e. The molecule has 0 aliphatic rings. The molecule has 0 spiro atoms. The lowest BCUT2D eigenvalue weighted by molar-refractivity contribution is 0.642. The highest BCUT2D eigenvalue weighted by molar-refractivity contribution is 9.09. The molecule has 1 heterocycles. The highest BCUT2D eigenvalue weighted by Crippen LogP contribution is 2.28. The molecule has 5 nitrogen and oxygen atoms in total. The van der Waals surface area contributed by atoms with E-state index in [2.05, 4.69) is 22.0 Å². The van der Waals surface area contributed by atoms with Gasteiger partial charge in [-0.25, -0.2) is 4.79 Å². The molecule has 0 saturated carbocycles. The van der Waals surface area contributed by atoms with Gasteiger partial charge in [0.05, 0.1) is 11.6 Å². The van der Waals surface area contributed by atoms with Crippen molar-refractivity contribution in [3.63, 3.8) is 0 Å². The third kappa shape index (κ3) is 2.42. The standard InChI is InChI=1S/C13H9BrClN3O2/c1-17-11(19)6-10(15)18(13(17)20)12(14)9-5-3-2-4-8(9)7-16/h2-6,12H,1H3. The second kappa shape index (κ2) is 5.65. The predicted octanol–water partition coefficient (Wildman–Crippen LogP) is 2.01. The number of nitrogens with zero attached hydrogens (tertiary/aromatic N) is 3. The van der Waals surface area contributed by atoms with E-state index < -0.39 is 16.2 Å². The van der Waals surface area contributed by atoms with E-state index in [0.29, 0.717) is 11.1 Å². The van der Waals surface area contributed by atoms with Crippen LogP contribution >= 0.6 is 27.5 Å². The fourth-order valence-corrected chi connectivity index (χ4v) is 2.94. The first-order valence-corrected chi connectivity index (χ1v) is 6.88. The maximum atomic E-state index is 12.2. The van der Waals surface area contributed by atoms with E-state index >= 15 is 0 Å². The van der Waals surface area contributed by atoms with Crippen LogP contribution in [0.1, 0.15) is 16.1 Å². The molecule has 7 heteroatoms. The molecule has 102 valence electrons. The summed E-state index contributed by atoms with van der Waals surface area (Å²) in [5, 5.41) is 9.11. The summed E-state index contributed by atoms with van der Waals surface area (Å²) in [6.45, 7) is 0. The number of aromatic nitrogens is 2. The van der Waals surface area contributed by atoms with Crippen LogP contribution in [-0.4, -0.2) is 9.13 Å². The Morgan fingerprint density at radius 1 is 1.35 bits per heavy atom. The van der Waals surface area contributed by atoms with Gasteiger partial charge in [0.25, 0.3) is 5.56 Å². The quantitative estimate of drug-likeness (QED) is 0.612. The zero-order valence-corrected chi connectivity index (χ0v) is 12.7. The molecule has 2 rings (SSSR count). The average Bonchev–Trinajstić information content (AvgIpc) is 2.44. The number of rotatable bonds is 2. The molecule has 0 radical (unpaired) electrons. The Labute approximate surface area is 127 Å². The number of halogens is 2. The predicted molar refractivity (Wildman–Crippen MR) is 79.2 cm³/mol. The summed E-state index contributed by atoms with van der Waals surface area (Å²) < 4.78 is 2.16. The Morgan fingerprint density at radius 2 is 2.00 bits per heavy atom. The van der Waals surface area contributed by atoms with Gasteiger partial charge in [0.2, 0.25) is 0 Å². The van der Waals surface area contributed by atoms with Crippen molar-refractivity contribution >= 4 is 27.5 Å². The highest BCUT2D eigenvalue weighted by atomic mass is 79.9. The summed E-state index contributed by atoms with van der Waals surface area (Å²) in [5.74, 6) is 0. The smallest absolute Gasteiger partial charge is 0.269 e. The summed E-state index contributed by atoms with van der Waals surface area (Å²) >= 11 is 9.34. The van der Waals surface area contributed by atoms with Gasteiger partial charge in [-0.1, -0.05) is 45.7 Å².